The zero-order valence-electron chi connectivity index (χ0n) is 15.2. The van der Waals surface area contributed by atoms with E-state index in [0.29, 0.717) is 24.0 Å². The van der Waals surface area contributed by atoms with Crippen LogP contribution in [0.3, 0.4) is 0 Å². The highest BCUT2D eigenvalue weighted by atomic mass is 32.2. The number of carbonyl (C=O) groups excluding carboxylic acids is 1. The summed E-state index contributed by atoms with van der Waals surface area (Å²) in [6.45, 7) is 5.52. The number of nitrogens with one attached hydrogen (secondary N) is 1. The van der Waals surface area contributed by atoms with Gasteiger partial charge in [-0.3, -0.25) is 4.79 Å². The van der Waals surface area contributed by atoms with Crippen molar-refractivity contribution < 1.29 is 22.5 Å². The molecule has 2 rings (SSSR count). The Morgan fingerprint density at radius 3 is 2.73 bits per heavy atom. The number of aromatic nitrogens is 4. The van der Waals surface area contributed by atoms with Crippen molar-refractivity contribution in [3.63, 3.8) is 0 Å². The van der Waals surface area contributed by atoms with E-state index in [-0.39, 0.29) is 30.5 Å². The number of rotatable bonds is 9. The Balaban J connectivity index is 1.75. The summed E-state index contributed by atoms with van der Waals surface area (Å²) in [6.07, 6.45) is 1.95. The summed E-state index contributed by atoms with van der Waals surface area (Å²) in [5, 5.41) is 3.70. The zero-order valence-corrected chi connectivity index (χ0v) is 16.0. The van der Waals surface area contributed by atoms with Crippen LogP contribution in [0.15, 0.2) is 15.7 Å². The molecule has 0 aliphatic heterocycles. The monoisotopic (exact) mass is 385 g/mol. The SMILES string of the molecule is Cc1nc(S(=O)(=O)NCCC(=O)OCc2nc(CC(C)C)no2)cn1C. The van der Waals surface area contributed by atoms with Crippen molar-refractivity contribution >= 4 is 16.0 Å². The molecule has 0 fully saturated rings. The second-order valence-corrected chi connectivity index (χ2v) is 7.96. The molecule has 0 amide bonds. The van der Waals surface area contributed by atoms with E-state index in [2.05, 4.69) is 19.8 Å². The zero-order chi connectivity index (χ0) is 19.3. The highest BCUT2D eigenvalue weighted by molar-refractivity contribution is 7.89. The van der Waals surface area contributed by atoms with Gasteiger partial charge in [-0.1, -0.05) is 19.0 Å². The number of hydrogen-bond donors (Lipinski definition) is 1. The second kappa shape index (κ2) is 8.41. The first-order chi connectivity index (χ1) is 12.2. The second-order valence-electron chi connectivity index (χ2n) is 6.25. The van der Waals surface area contributed by atoms with E-state index in [1.54, 1.807) is 18.5 Å². The molecule has 0 unspecified atom stereocenters. The normalized spacial score (nSPS) is 11.9. The van der Waals surface area contributed by atoms with E-state index in [1.807, 2.05) is 13.8 Å². The molecule has 11 heteroatoms. The predicted molar refractivity (Wildman–Crippen MR) is 90.4 cm³/mol. The Kier molecular flexibility index (Phi) is 6.48. The van der Waals surface area contributed by atoms with Gasteiger partial charge in [-0.2, -0.15) is 4.98 Å². The summed E-state index contributed by atoms with van der Waals surface area (Å²) < 4.78 is 38.1. The first-order valence-corrected chi connectivity index (χ1v) is 9.62. The molecule has 10 nitrogen and oxygen atoms in total. The Bertz CT molecular complexity index is 836. The Labute approximate surface area is 152 Å². The molecule has 2 aromatic rings. The van der Waals surface area contributed by atoms with Crippen molar-refractivity contribution in [3.05, 3.63) is 23.7 Å². The quantitative estimate of drug-likeness (QED) is 0.625. The molecule has 0 radical (unpaired) electrons. The number of aryl methyl sites for hydroxylation is 2. The third-order valence-electron chi connectivity index (χ3n) is 3.44. The van der Waals surface area contributed by atoms with Gasteiger partial charge in [0.2, 0.25) is 0 Å². The Morgan fingerprint density at radius 1 is 1.38 bits per heavy atom. The van der Waals surface area contributed by atoms with Crippen LogP contribution in [0.4, 0.5) is 0 Å². The summed E-state index contributed by atoms with van der Waals surface area (Å²) in [5.74, 6) is 1.15. The molecule has 26 heavy (non-hydrogen) atoms. The average molecular weight is 385 g/mol. The van der Waals surface area contributed by atoms with Crippen LogP contribution in [0, 0.1) is 12.8 Å². The predicted octanol–water partition coefficient (Wildman–Crippen LogP) is 0.722. The lowest BCUT2D eigenvalue weighted by molar-refractivity contribution is -0.145. The molecule has 0 aromatic carbocycles. The van der Waals surface area contributed by atoms with Gasteiger partial charge in [0.05, 0.1) is 6.42 Å². The lowest BCUT2D eigenvalue weighted by atomic mass is 10.1. The third kappa shape index (κ3) is 5.63. The van der Waals surface area contributed by atoms with Gasteiger partial charge in [0.15, 0.2) is 17.5 Å². The first kappa shape index (κ1) is 20.0. The molecule has 0 aliphatic carbocycles. The van der Waals surface area contributed by atoms with Crippen LogP contribution in [0.25, 0.3) is 0 Å². The van der Waals surface area contributed by atoms with E-state index in [1.165, 1.54) is 6.20 Å². The number of sulfonamides is 1. The van der Waals surface area contributed by atoms with Crippen LogP contribution in [0.5, 0.6) is 0 Å². The fraction of sp³-hybridized carbons (Fsp3) is 0.600. The number of hydrogen-bond acceptors (Lipinski definition) is 8. The number of nitrogens with zero attached hydrogens (tertiary/aromatic N) is 4. The fourth-order valence-corrected chi connectivity index (χ4v) is 3.10. The Morgan fingerprint density at radius 2 is 2.12 bits per heavy atom. The number of carbonyl (C=O) groups is 1. The molecule has 1 N–H and O–H groups in total. The van der Waals surface area contributed by atoms with Gasteiger partial charge in [0, 0.05) is 26.2 Å². The highest BCUT2D eigenvalue weighted by Crippen LogP contribution is 2.08. The molecule has 2 aromatic heterocycles. The average Bonchev–Trinajstić information content (AvgIpc) is 3.12. The largest absolute Gasteiger partial charge is 0.456 e. The maximum atomic E-state index is 12.1. The van der Waals surface area contributed by atoms with Gasteiger partial charge in [0.1, 0.15) is 5.82 Å². The van der Waals surface area contributed by atoms with Crippen molar-refractivity contribution in [3.8, 4) is 0 Å². The summed E-state index contributed by atoms with van der Waals surface area (Å²) >= 11 is 0. The van der Waals surface area contributed by atoms with Gasteiger partial charge in [-0.05, 0) is 12.8 Å². The Hall–Kier alpha value is -2.27. The van der Waals surface area contributed by atoms with Gasteiger partial charge < -0.3 is 13.8 Å². The molecule has 0 spiro atoms. The van der Waals surface area contributed by atoms with Crippen molar-refractivity contribution in [2.45, 2.75) is 45.2 Å². The summed E-state index contributed by atoms with van der Waals surface area (Å²) in [6, 6.07) is 0. The van der Waals surface area contributed by atoms with Crippen LogP contribution in [-0.4, -0.2) is 40.6 Å². The summed E-state index contributed by atoms with van der Waals surface area (Å²) in [7, 11) is -2.07. The van der Waals surface area contributed by atoms with Gasteiger partial charge in [-0.15, -0.1) is 0 Å². The van der Waals surface area contributed by atoms with Gasteiger partial charge >= 0.3 is 5.97 Å². The minimum absolute atomic E-state index is 0.0885. The van der Waals surface area contributed by atoms with E-state index < -0.39 is 16.0 Å². The number of ether oxygens (including phenoxy) is 1. The summed E-state index contributed by atoms with van der Waals surface area (Å²) in [5.41, 5.74) is 0. The van der Waals surface area contributed by atoms with Crippen LogP contribution in [0.1, 0.15) is 37.8 Å². The lowest BCUT2D eigenvalue weighted by Crippen LogP contribution is -2.27. The molecular formula is C15H23N5O5S. The summed E-state index contributed by atoms with van der Waals surface area (Å²) in [4.78, 5) is 19.8. The molecule has 2 heterocycles. The van der Waals surface area contributed by atoms with Crippen molar-refractivity contribution in [2.75, 3.05) is 6.54 Å². The lowest BCUT2D eigenvalue weighted by Gasteiger charge is -2.04. The number of imidazole rings is 1. The van der Waals surface area contributed by atoms with Crippen LogP contribution < -0.4 is 4.72 Å². The van der Waals surface area contributed by atoms with Crippen molar-refractivity contribution in [1.29, 1.82) is 0 Å². The topological polar surface area (TPSA) is 129 Å². The maximum absolute atomic E-state index is 12.1. The van der Waals surface area contributed by atoms with Crippen LogP contribution in [-0.2, 0) is 39.6 Å². The fourth-order valence-electron chi connectivity index (χ4n) is 2.03. The first-order valence-electron chi connectivity index (χ1n) is 8.14. The molecule has 0 bridgehead atoms. The van der Waals surface area contributed by atoms with Crippen molar-refractivity contribution in [1.82, 2.24) is 24.4 Å². The number of esters is 1. The van der Waals surface area contributed by atoms with E-state index in [9.17, 15) is 13.2 Å². The van der Waals surface area contributed by atoms with Crippen LogP contribution in [0.2, 0.25) is 0 Å². The molecule has 0 saturated heterocycles. The molecule has 0 aliphatic rings. The minimum atomic E-state index is -3.76. The molecule has 0 saturated carbocycles. The van der Waals surface area contributed by atoms with Gasteiger partial charge in [-0.25, -0.2) is 18.1 Å². The van der Waals surface area contributed by atoms with Gasteiger partial charge in [0.25, 0.3) is 15.9 Å². The standard InChI is InChI=1S/C15H23N5O5S/c1-10(2)7-12-18-13(25-19-12)9-24-15(21)5-6-16-26(22,23)14-8-20(4)11(3)17-14/h8,10,16H,5-7,9H2,1-4H3. The van der Waals surface area contributed by atoms with Crippen LogP contribution >= 0.6 is 0 Å². The molecular weight excluding hydrogens is 362 g/mol. The van der Waals surface area contributed by atoms with Crippen molar-refractivity contribution in [2.24, 2.45) is 13.0 Å². The van der Waals surface area contributed by atoms with E-state index in [4.69, 9.17) is 9.26 Å². The third-order valence-corrected chi connectivity index (χ3v) is 4.77. The molecule has 144 valence electrons. The smallest absolute Gasteiger partial charge is 0.307 e. The van der Waals surface area contributed by atoms with E-state index >= 15 is 0 Å². The molecule has 0 atom stereocenters. The highest BCUT2D eigenvalue weighted by Gasteiger charge is 2.19. The maximum Gasteiger partial charge on any atom is 0.307 e. The minimum Gasteiger partial charge on any atom is -0.456 e. The van der Waals surface area contributed by atoms with E-state index in [0.717, 1.165) is 0 Å².